The molecule has 0 N–H and O–H groups in total. The van der Waals surface area contributed by atoms with Crippen molar-refractivity contribution in [3.05, 3.63) is 278 Å². The van der Waals surface area contributed by atoms with Gasteiger partial charge in [0.2, 0.25) is 0 Å². The van der Waals surface area contributed by atoms with E-state index in [1.54, 1.807) is 50.6 Å². The molecule has 514 valence electrons. The molecule has 0 radical (unpaired) electrons. The summed E-state index contributed by atoms with van der Waals surface area (Å²) in [5.41, 5.74) is 23.5. The van der Waals surface area contributed by atoms with Crippen LogP contribution in [0.5, 0.6) is 0 Å². The molecule has 0 atom stereocenters. The molecule has 12 aromatic carbocycles. The highest BCUT2D eigenvalue weighted by atomic mass is 15.2. The Balaban J connectivity index is 1.07. The number of hydrogen-bond acceptors (Lipinski definition) is 20. The molecule has 0 aliphatic carbocycles. The zero-order valence-electron chi connectivity index (χ0n) is 59.9. The zero-order chi connectivity index (χ0) is 72.7. The summed E-state index contributed by atoms with van der Waals surface area (Å²) < 4.78 is 0. The second-order valence-electron chi connectivity index (χ2n) is 27.8. The van der Waals surface area contributed by atoms with E-state index in [9.17, 15) is 0 Å². The molecule has 0 saturated heterocycles. The van der Waals surface area contributed by atoms with Gasteiger partial charge in [0.05, 0.1) is 112 Å². The van der Waals surface area contributed by atoms with Crippen molar-refractivity contribution in [2.24, 2.45) is 0 Å². The first-order valence-corrected chi connectivity index (χ1v) is 35.5. The van der Waals surface area contributed by atoms with Gasteiger partial charge in [0.1, 0.15) is 50.6 Å². The van der Waals surface area contributed by atoms with Crippen LogP contribution in [0.4, 0.5) is 68.2 Å². The summed E-state index contributed by atoms with van der Waals surface area (Å²) in [4.78, 5) is 88.7. The van der Waals surface area contributed by atoms with Crippen LogP contribution in [0.1, 0.15) is 44.5 Å². The average Bonchev–Trinajstić information content (AvgIpc) is 0.692. The van der Waals surface area contributed by atoms with Crippen molar-refractivity contribution in [2.45, 2.75) is 55.4 Å². The highest BCUT2D eigenvalue weighted by Crippen LogP contribution is 2.59. The highest BCUT2D eigenvalue weighted by Gasteiger charge is 2.36. The molecule has 0 aliphatic rings. The topological polar surface area (TPSA) is 219 Å². The van der Waals surface area contributed by atoms with Crippen LogP contribution in [-0.4, -0.2) is 79.7 Å². The molecule has 8 aromatic heterocycles. The van der Waals surface area contributed by atoms with Crippen molar-refractivity contribution < 1.29 is 0 Å². The van der Waals surface area contributed by atoms with E-state index in [0.717, 1.165) is 232 Å². The summed E-state index contributed by atoms with van der Waals surface area (Å²) >= 11 is 0. The van der Waals surface area contributed by atoms with Gasteiger partial charge >= 0.3 is 0 Å². The van der Waals surface area contributed by atoms with Gasteiger partial charge in [-0.3, -0.25) is 0 Å². The van der Waals surface area contributed by atoms with Crippen LogP contribution in [0.25, 0.3) is 120 Å². The third-order valence-electron chi connectivity index (χ3n) is 21.4. The number of hydrogen-bond donors (Lipinski definition) is 0. The van der Waals surface area contributed by atoms with Crippen molar-refractivity contribution in [3.63, 3.8) is 0 Å². The van der Waals surface area contributed by atoms with E-state index in [1.807, 2.05) is 49.6 Å². The Labute approximate surface area is 617 Å². The monoisotopic (exact) mass is 1400 g/mol. The minimum absolute atomic E-state index is 0.741. The van der Waals surface area contributed by atoms with Gasteiger partial charge in [-0.15, -0.1) is 0 Å². The lowest BCUT2D eigenvalue weighted by Crippen LogP contribution is -2.19. The highest BCUT2D eigenvalue weighted by molar-refractivity contribution is 6.34. The Morgan fingerprint density at radius 1 is 0.185 bits per heavy atom. The lowest BCUT2D eigenvalue weighted by Gasteiger charge is -2.37. The summed E-state index contributed by atoms with van der Waals surface area (Å²) in [6, 6.07) is 48.0. The van der Waals surface area contributed by atoms with E-state index < -0.39 is 0 Å². The predicted molar refractivity (Wildman–Crippen MR) is 432 cm³/mol. The molecular formula is C88H62N20. The molecule has 0 bridgehead atoms. The first kappa shape index (κ1) is 63.3. The zero-order valence-corrected chi connectivity index (χ0v) is 59.9. The maximum atomic E-state index is 5.25. The first-order chi connectivity index (χ1) is 52.9. The van der Waals surface area contributed by atoms with E-state index in [4.69, 9.17) is 39.9 Å². The van der Waals surface area contributed by atoms with Gasteiger partial charge in [-0.25, -0.2) is 79.7 Å². The average molecular weight is 1400 g/mol. The van der Waals surface area contributed by atoms with Crippen LogP contribution in [0.15, 0.2) is 234 Å². The van der Waals surface area contributed by atoms with Gasteiger partial charge in [0.25, 0.3) is 0 Å². The Morgan fingerprint density at radius 2 is 0.333 bits per heavy atom. The summed E-state index contributed by atoms with van der Waals surface area (Å²) in [7, 11) is 0. The van der Waals surface area contributed by atoms with E-state index in [2.05, 4.69) is 248 Å². The number of benzene rings is 12. The molecular weight excluding hydrogens is 1340 g/mol. The molecule has 8 heterocycles. The quantitative estimate of drug-likeness (QED) is 0.104. The van der Waals surface area contributed by atoms with E-state index in [-0.39, 0.29) is 0 Å². The van der Waals surface area contributed by atoms with Crippen LogP contribution >= 0.6 is 0 Å². The van der Waals surface area contributed by atoms with Crippen LogP contribution in [0.3, 0.4) is 0 Å². The van der Waals surface area contributed by atoms with E-state index >= 15 is 0 Å². The van der Waals surface area contributed by atoms with Crippen LogP contribution in [0, 0.1) is 55.4 Å². The molecule has 0 unspecified atom stereocenters. The molecule has 20 heteroatoms. The lowest BCUT2D eigenvalue weighted by atomic mass is 9.88. The third-order valence-corrected chi connectivity index (χ3v) is 21.4. The van der Waals surface area contributed by atoms with Crippen molar-refractivity contribution in [2.75, 3.05) is 19.6 Å². The predicted octanol–water partition coefficient (Wildman–Crippen LogP) is 20.5. The molecule has 0 amide bonds. The van der Waals surface area contributed by atoms with Crippen molar-refractivity contribution in [3.8, 4) is 0 Å². The number of aromatic nitrogens is 16. The van der Waals surface area contributed by atoms with Gasteiger partial charge in [-0.05, 0) is 112 Å². The van der Waals surface area contributed by atoms with Gasteiger partial charge in [-0.1, -0.05) is 121 Å². The van der Waals surface area contributed by atoms with Crippen molar-refractivity contribution in [1.82, 2.24) is 79.7 Å². The van der Waals surface area contributed by atoms with E-state index in [0.29, 0.717) is 0 Å². The second kappa shape index (κ2) is 24.6. The normalized spacial score (nSPS) is 11.9. The molecule has 0 aliphatic heterocycles. The Morgan fingerprint density at radius 3 is 0.481 bits per heavy atom. The van der Waals surface area contributed by atoms with Gasteiger partial charge in [-0.2, -0.15) is 0 Å². The van der Waals surface area contributed by atoms with Crippen molar-refractivity contribution >= 4 is 188 Å². The standard InChI is InChI=1S/C88H62N20/c1-47-9-17-55-31-89-39-97-73(55)81(47)105(82-48(2)10-18-56-32-90-40-98-74(56)82)67-29-68(106(83-49(3)11-19-57-33-91-41-99-75(57)83)84-50(4)12-20-58-34-92-42-100-76(58)84)64-27-28-66-70(108(87-53(7)15-23-61-37-95-45-103-79(61)87)88-54(8)16-24-62-38-96-46-104-80(62)88)30-69(65-26-25-63(67)71(64)72(65)66)107(85-51(5)13-21-59-35-93-43-101-77(59)85)86-52(6)14-22-60-36-94-44-102-78(60)86/h9-46H,1-8H3. The number of fused-ring (bicyclic) bond motifs is 8. The molecule has 0 spiro atoms. The van der Waals surface area contributed by atoms with Crippen LogP contribution in [-0.2, 0) is 0 Å². The first-order valence-electron chi connectivity index (χ1n) is 35.5. The second-order valence-corrected chi connectivity index (χ2v) is 27.8. The summed E-state index contributed by atoms with van der Waals surface area (Å²) in [6.07, 6.45) is 28.2. The van der Waals surface area contributed by atoms with Crippen molar-refractivity contribution in [1.29, 1.82) is 0 Å². The van der Waals surface area contributed by atoms with Gasteiger partial charge in [0, 0.05) is 125 Å². The smallest absolute Gasteiger partial charge is 0.116 e. The fourth-order valence-electron chi connectivity index (χ4n) is 16.5. The number of anilines is 12. The number of aryl methyl sites for hydroxylation is 8. The maximum Gasteiger partial charge on any atom is 0.116 e. The largest absolute Gasteiger partial charge is 0.305 e. The van der Waals surface area contributed by atoms with E-state index in [1.165, 1.54) is 0 Å². The van der Waals surface area contributed by atoms with Gasteiger partial charge in [0.15, 0.2) is 0 Å². The van der Waals surface area contributed by atoms with Crippen LogP contribution in [0.2, 0.25) is 0 Å². The SMILES string of the molecule is Cc1ccc2cncnc2c1N(c1cc(N(c2c(C)ccc3cncnc23)c2c(C)ccc3cncnc23)c2ccc3c(N(c4c(C)ccc5cncnc45)c4c(C)ccc5cncnc45)cc(N(c4c(C)ccc5cncnc45)c4c(C)ccc5cncnc45)c4ccc1c2c43)c1c(C)ccc2cncnc12. The van der Waals surface area contributed by atoms with Crippen LogP contribution < -0.4 is 19.6 Å². The molecule has 0 fully saturated rings. The Hall–Kier alpha value is -14.4. The summed E-state index contributed by atoms with van der Waals surface area (Å²) in [5.74, 6) is 0. The lowest BCUT2D eigenvalue weighted by molar-refractivity contribution is 1.17. The number of rotatable bonds is 12. The molecule has 108 heavy (non-hydrogen) atoms. The molecule has 20 rings (SSSR count). The maximum absolute atomic E-state index is 5.25. The summed E-state index contributed by atoms with van der Waals surface area (Å²) in [5, 5.41) is 12.3. The van der Waals surface area contributed by atoms with Gasteiger partial charge < -0.3 is 19.6 Å². The molecule has 20 aromatic rings. The Bertz CT molecular complexity index is 6010. The minimum Gasteiger partial charge on any atom is -0.305 e. The molecule has 0 saturated carbocycles. The number of nitrogens with zero attached hydrogens (tertiary/aromatic N) is 20. The fourth-order valence-corrected chi connectivity index (χ4v) is 16.5. The Kier molecular flexibility index (Phi) is 14.4. The molecule has 20 nitrogen and oxygen atoms in total. The summed E-state index contributed by atoms with van der Waals surface area (Å²) in [6.45, 7) is 17.2. The fraction of sp³-hybridized carbons (Fsp3) is 0.0909. The minimum atomic E-state index is 0.741. The third kappa shape index (κ3) is 9.62.